The van der Waals surface area contributed by atoms with Crippen molar-refractivity contribution in [1.82, 2.24) is 14.5 Å². The summed E-state index contributed by atoms with van der Waals surface area (Å²) in [5.41, 5.74) is 10.8. The summed E-state index contributed by atoms with van der Waals surface area (Å²) >= 11 is 0. The van der Waals surface area contributed by atoms with Gasteiger partial charge in [0, 0.05) is 55.5 Å². The van der Waals surface area contributed by atoms with Crippen LogP contribution in [0, 0.1) is 0 Å². The molecule has 0 saturated carbocycles. The van der Waals surface area contributed by atoms with Crippen molar-refractivity contribution in [3.8, 4) is 28.2 Å². The molecule has 51 heavy (non-hydrogen) atoms. The lowest BCUT2D eigenvalue weighted by atomic mass is 9.92. The third-order valence-corrected chi connectivity index (χ3v) is 10.5. The number of hydrogen-bond acceptors (Lipinski definition) is 4. The van der Waals surface area contributed by atoms with Gasteiger partial charge in [0.25, 0.3) is 0 Å². The fourth-order valence-electron chi connectivity index (χ4n) is 8.27. The van der Waals surface area contributed by atoms with Crippen LogP contribution in [0.5, 0.6) is 0 Å². The summed E-state index contributed by atoms with van der Waals surface area (Å²) in [5.74, 6) is 1.24. The summed E-state index contributed by atoms with van der Waals surface area (Å²) in [6, 6.07) is 51.2. The van der Waals surface area contributed by atoms with Gasteiger partial charge >= 0.3 is 0 Å². The number of furan rings is 1. The standard InChI is InChI=1S/C46H30N4O/c1-3-13-29(14-4-1)49-41-23-9-7-17-31(41)35-25-27-39(47-45(35)49)37-21-11-19-33-34-20-12-22-38(44(34)51-43(33)37)40-28-26-36-32-18-8-10-24-42(32)50(46(36)48-40)30-15-5-2-6-16-30/h1-28,31,41H. The van der Waals surface area contributed by atoms with Gasteiger partial charge in [-0.25, -0.2) is 9.97 Å². The van der Waals surface area contributed by atoms with E-state index >= 15 is 0 Å². The first-order chi connectivity index (χ1) is 25.3. The smallest absolute Gasteiger partial charge is 0.146 e. The van der Waals surface area contributed by atoms with Crippen LogP contribution in [0.1, 0.15) is 11.5 Å². The number of hydrogen-bond donors (Lipinski definition) is 0. The molecule has 0 bridgehead atoms. The van der Waals surface area contributed by atoms with Gasteiger partial charge in [0.05, 0.1) is 22.9 Å². The van der Waals surface area contributed by atoms with Crippen LogP contribution in [-0.2, 0) is 0 Å². The lowest BCUT2D eigenvalue weighted by Gasteiger charge is -2.27. The molecule has 2 aliphatic rings. The van der Waals surface area contributed by atoms with E-state index in [1.807, 2.05) is 6.07 Å². The van der Waals surface area contributed by atoms with Crippen LogP contribution in [0.4, 0.5) is 11.5 Å². The maximum absolute atomic E-state index is 6.91. The van der Waals surface area contributed by atoms with E-state index in [4.69, 9.17) is 14.4 Å². The molecule has 0 spiro atoms. The van der Waals surface area contributed by atoms with Crippen molar-refractivity contribution >= 4 is 55.4 Å². The topological polar surface area (TPSA) is 47.1 Å². The summed E-state index contributed by atoms with van der Waals surface area (Å²) in [6.07, 6.45) is 8.86. The van der Waals surface area contributed by atoms with Gasteiger partial charge < -0.3 is 9.32 Å². The molecule has 0 N–H and O–H groups in total. The van der Waals surface area contributed by atoms with Crippen molar-refractivity contribution in [2.75, 3.05) is 4.90 Å². The molecule has 2 unspecified atom stereocenters. The van der Waals surface area contributed by atoms with Gasteiger partial charge in [0.15, 0.2) is 0 Å². The van der Waals surface area contributed by atoms with Crippen LogP contribution >= 0.6 is 0 Å². The van der Waals surface area contributed by atoms with Gasteiger partial charge in [-0.3, -0.25) is 4.57 Å². The van der Waals surface area contributed by atoms with Crippen LogP contribution in [0.3, 0.4) is 0 Å². The third-order valence-electron chi connectivity index (χ3n) is 10.5. The van der Waals surface area contributed by atoms with Crippen LogP contribution in [0.15, 0.2) is 174 Å². The number of para-hydroxylation sites is 5. The van der Waals surface area contributed by atoms with E-state index in [0.29, 0.717) is 0 Å². The first-order valence-corrected chi connectivity index (χ1v) is 17.4. The predicted molar refractivity (Wildman–Crippen MR) is 208 cm³/mol. The van der Waals surface area contributed by atoms with Crippen molar-refractivity contribution in [2.24, 2.45) is 0 Å². The Kier molecular flexibility index (Phi) is 6.01. The second-order valence-electron chi connectivity index (χ2n) is 13.3. The Hall–Kier alpha value is -6.72. The second-order valence-corrected chi connectivity index (χ2v) is 13.3. The van der Waals surface area contributed by atoms with Gasteiger partial charge in [0.2, 0.25) is 0 Å². The molecule has 1 aliphatic carbocycles. The molecule has 4 aromatic heterocycles. The lowest BCUT2D eigenvalue weighted by molar-refractivity contribution is 0.670. The maximum Gasteiger partial charge on any atom is 0.146 e. The second kappa shape index (κ2) is 10.9. The highest BCUT2D eigenvalue weighted by molar-refractivity contribution is 6.13. The van der Waals surface area contributed by atoms with E-state index in [0.717, 1.165) is 78.2 Å². The lowest BCUT2D eigenvalue weighted by Crippen LogP contribution is -2.28. The number of anilines is 2. The molecule has 1 aliphatic heterocycles. The molecule has 0 saturated heterocycles. The summed E-state index contributed by atoms with van der Waals surface area (Å²) in [5, 5.41) is 4.42. The minimum Gasteiger partial charge on any atom is -0.455 e. The molecule has 240 valence electrons. The molecule has 0 radical (unpaired) electrons. The third kappa shape index (κ3) is 4.15. The van der Waals surface area contributed by atoms with Crippen molar-refractivity contribution in [1.29, 1.82) is 0 Å². The minimum atomic E-state index is 0.185. The fraction of sp³-hybridized carbons (Fsp3) is 0.0435. The molecule has 2 atom stereocenters. The molecule has 5 aromatic carbocycles. The van der Waals surface area contributed by atoms with E-state index in [9.17, 15) is 0 Å². The molecule has 0 amide bonds. The van der Waals surface area contributed by atoms with E-state index in [2.05, 4.69) is 173 Å². The zero-order valence-electron chi connectivity index (χ0n) is 27.5. The molecular formula is C46H30N4O. The van der Waals surface area contributed by atoms with E-state index in [1.165, 1.54) is 10.9 Å². The number of fused-ring (bicyclic) bond motifs is 9. The molecule has 0 fully saturated rings. The van der Waals surface area contributed by atoms with Gasteiger partial charge in [0.1, 0.15) is 22.6 Å². The van der Waals surface area contributed by atoms with Gasteiger partial charge in [-0.2, -0.15) is 0 Å². The fourth-order valence-corrected chi connectivity index (χ4v) is 8.27. The summed E-state index contributed by atoms with van der Waals surface area (Å²) in [6.45, 7) is 0. The number of pyridine rings is 2. The Bertz CT molecular complexity index is 2880. The Morgan fingerprint density at radius 2 is 1.12 bits per heavy atom. The Balaban J connectivity index is 1.09. The van der Waals surface area contributed by atoms with Crippen LogP contribution in [0.2, 0.25) is 0 Å². The van der Waals surface area contributed by atoms with E-state index < -0.39 is 0 Å². The summed E-state index contributed by atoms with van der Waals surface area (Å²) < 4.78 is 9.17. The number of aromatic nitrogens is 3. The number of benzene rings is 5. The van der Waals surface area contributed by atoms with Crippen molar-refractivity contribution in [3.05, 3.63) is 175 Å². The van der Waals surface area contributed by atoms with Crippen molar-refractivity contribution in [2.45, 2.75) is 12.0 Å². The number of rotatable bonds is 4. The van der Waals surface area contributed by atoms with Gasteiger partial charge in [-0.15, -0.1) is 0 Å². The van der Waals surface area contributed by atoms with Crippen LogP contribution in [-0.4, -0.2) is 20.6 Å². The van der Waals surface area contributed by atoms with E-state index in [1.54, 1.807) is 0 Å². The molecule has 11 rings (SSSR count). The molecular weight excluding hydrogens is 625 g/mol. The first kappa shape index (κ1) is 28.2. The molecule has 5 heteroatoms. The zero-order chi connectivity index (χ0) is 33.5. The SMILES string of the molecule is C1=CC2c3ccc(-c4cccc5c4oc4c(-c6ccc7c8ccccc8n(-c8ccccc8)c7n6)cccc45)nc3N(c3ccccc3)C2C=C1. The van der Waals surface area contributed by atoms with Crippen molar-refractivity contribution in [3.63, 3.8) is 0 Å². The highest BCUT2D eigenvalue weighted by Crippen LogP contribution is 2.48. The monoisotopic (exact) mass is 654 g/mol. The Morgan fingerprint density at radius 1 is 0.490 bits per heavy atom. The first-order valence-electron chi connectivity index (χ1n) is 17.4. The average molecular weight is 655 g/mol. The molecule has 5 nitrogen and oxygen atoms in total. The minimum absolute atomic E-state index is 0.185. The normalized spacial score (nSPS) is 16.4. The average Bonchev–Trinajstić information content (AvgIpc) is 3.86. The Labute approximate surface area is 294 Å². The summed E-state index contributed by atoms with van der Waals surface area (Å²) in [7, 11) is 0. The van der Waals surface area contributed by atoms with Crippen LogP contribution in [0.25, 0.3) is 72.1 Å². The molecule has 5 heterocycles. The quantitative estimate of drug-likeness (QED) is 0.189. The largest absolute Gasteiger partial charge is 0.455 e. The van der Waals surface area contributed by atoms with Crippen LogP contribution < -0.4 is 4.90 Å². The number of nitrogens with zero attached hydrogens (tertiary/aromatic N) is 4. The van der Waals surface area contributed by atoms with Gasteiger partial charge in [-0.1, -0.05) is 109 Å². The highest BCUT2D eigenvalue weighted by atomic mass is 16.3. The van der Waals surface area contributed by atoms with Crippen molar-refractivity contribution < 1.29 is 4.42 Å². The maximum atomic E-state index is 6.91. The zero-order valence-corrected chi connectivity index (χ0v) is 27.5. The number of allylic oxidation sites excluding steroid dienone is 2. The summed E-state index contributed by atoms with van der Waals surface area (Å²) in [4.78, 5) is 13.1. The highest BCUT2D eigenvalue weighted by Gasteiger charge is 2.38. The van der Waals surface area contributed by atoms with Gasteiger partial charge in [-0.05, 0) is 60.7 Å². The Morgan fingerprint density at radius 3 is 1.88 bits per heavy atom. The van der Waals surface area contributed by atoms with E-state index in [-0.39, 0.29) is 12.0 Å². The predicted octanol–water partition coefficient (Wildman–Crippen LogP) is 11.5. The molecule has 9 aromatic rings.